The zero-order chi connectivity index (χ0) is 19.5. The molecule has 1 aliphatic rings. The van der Waals surface area contributed by atoms with E-state index in [2.05, 4.69) is 20.1 Å². The first-order valence-corrected chi connectivity index (χ1v) is 10.2. The standard InChI is InChI=1S/C12H20O2.C10H18O2/c1-2-10-14-12(13)9-8-11-6-4-3-5-7-11;1-3-5-6-7-8-10(11)12-9-4-2/h2,11H,1,3-10H2;4H,2-3,5-9H2,1H3. The smallest absolute Gasteiger partial charge is 0.306 e. The van der Waals surface area contributed by atoms with Crippen LogP contribution >= 0.6 is 0 Å². The van der Waals surface area contributed by atoms with Crippen molar-refractivity contribution < 1.29 is 19.1 Å². The highest BCUT2D eigenvalue weighted by Crippen LogP contribution is 2.27. The van der Waals surface area contributed by atoms with Crippen molar-refractivity contribution in [3.05, 3.63) is 25.3 Å². The molecule has 1 saturated carbocycles. The molecular weight excluding hydrogens is 328 g/mol. The maximum Gasteiger partial charge on any atom is 0.306 e. The molecule has 4 nitrogen and oxygen atoms in total. The van der Waals surface area contributed by atoms with E-state index in [9.17, 15) is 9.59 Å². The molecule has 0 aromatic rings. The van der Waals surface area contributed by atoms with Crippen LogP contribution in [0.2, 0.25) is 0 Å². The Labute approximate surface area is 160 Å². The Morgan fingerprint density at radius 3 is 2.00 bits per heavy atom. The fourth-order valence-corrected chi connectivity index (χ4v) is 2.94. The van der Waals surface area contributed by atoms with Crippen LogP contribution in [-0.4, -0.2) is 25.2 Å². The van der Waals surface area contributed by atoms with Gasteiger partial charge in [0.25, 0.3) is 0 Å². The lowest BCUT2D eigenvalue weighted by atomic mass is 9.86. The molecule has 0 N–H and O–H groups in total. The average molecular weight is 367 g/mol. The van der Waals surface area contributed by atoms with Crippen molar-refractivity contribution in [3.63, 3.8) is 0 Å². The quantitative estimate of drug-likeness (QED) is 0.250. The summed E-state index contributed by atoms with van der Waals surface area (Å²) in [6, 6.07) is 0. The van der Waals surface area contributed by atoms with Crippen molar-refractivity contribution in [2.24, 2.45) is 5.92 Å². The fraction of sp³-hybridized carbons (Fsp3) is 0.727. The maximum absolute atomic E-state index is 11.2. The second kappa shape index (κ2) is 18.2. The van der Waals surface area contributed by atoms with Gasteiger partial charge in [0.15, 0.2) is 0 Å². The lowest BCUT2D eigenvalue weighted by Crippen LogP contribution is -2.10. The summed E-state index contributed by atoms with van der Waals surface area (Å²) in [6.07, 6.45) is 16.5. The predicted octanol–water partition coefficient (Wildman–Crippen LogP) is 5.76. The van der Waals surface area contributed by atoms with E-state index in [1.807, 2.05) is 0 Å². The van der Waals surface area contributed by atoms with Crippen molar-refractivity contribution in [2.45, 2.75) is 84.0 Å². The molecule has 0 aromatic heterocycles. The third-order valence-corrected chi connectivity index (χ3v) is 4.44. The second-order valence-electron chi connectivity index (χ2n) is 6.80. The van der Waals surface area contributed by atoms with E-state index in [0.717, 1.165) is 25.2 Å². The van der Waals surface area contributed by atoms with Gasteiger partial charge in [0.05, 0.1) is 0 Å². The van der Waals surface area contributed by atoms with E-state index in [1.165, 1.54) is 44.9 Å². The molecule has 0 bridgehead atoms. The number of carbonyl (C=O) groups excluding carboxylic acids is 2. The van der Waals surface area contributed by atoms with Gasteiger partial charge in [-0.05, 0) is 18.8 Å². The number of esters is 2. The lowest BCUT2D eigenvalue weighted by molar-refractivity contribution is -0.143. The molecule has 0 aromatic carbocycles. The van der Waals surface area contributed by atoms with Crippen molar-refractivity contribution in [2.75, 3.05) is 13.2 Å². The van der Waals surface area contributed by atoms with Crippen LogP contribution in [0.25, 0.3) is 0 Å². The molecule has 0 spiro atoms. The average Bonchev–Trinajstić information content (AvgIpc) is 2.67. The van der Waals surface area contributed by atoms with Gasteiger partial charge in [-0.15, -0.1) is 0 Å². The summed E-state index contributed by atoms with van der Waals surface area (Å²) in [5.41, 5.74) is 0. The number of unbranched alkanes of at least 4 members (excludes halogenated alkanes) is 3. The topological polar surface area (TPSA) is 52.6 Å². The monoisotopic (exact) mass is 366 g/mol. The van der Waals surface area contributed by atoms with E-state index in [-0.39, 0.29) is 11.9 Å². The van der Waals surface area contributed by atoms with Gasteiger partial charge >= 0.3 is 11.9 Å². The second-order valence-corrected chi connectivity index (χ2v) is 6.80. The molecule has 0 heterocycles. The van der Waals surface area contributed by atoms with Crippen LogP contribution in [0.1, 0.15) is 84.0 Å². The SMILES string of the molecule is C=CCOC(=O)CCC1CCCCC1.C=CCOC(=O)CCCCCC. The van der Waals surface area contributed by atoms with Crippen molar-refractivity contribution in [3.8, 4) is 0 Å². The molecule has 4 heteroatoms. The van der Waals surface area contributed by atoms with Gasteiger partial charge in [-0.2, -0.15) is 0 Å². The van der Waals surface area contributed by atoms with Crippen molar-refractivity contribution in [1.29, 1.82) is 0 Å². The summed E-state index contributed by atoms with van der Waals surface area (Å²) in [5.74, 6) is 0.585. The molecule has 0 aliphatic heterocycles. The Hall–Kier alpha value is -1.58. The number of ether oxygens (including phenoxy) is 2. The molecule has 1 aliphatic carbocycles. The van der Waals surface area contributed by atoms with Crippen LogP contribution in [0.3, 0.4) is 0 Å². The van der Waals surface area contributed by atoms with E-state index in [0.29, 0.717) is 26.1 Å². The third kappa shape index (κ3) is 15.9. The number of hydrogen-bond donors (Lipinski definition) is 0. The first-order valence-electron chi connectivity index (χ1n) is 10.2. The summed E-state index contributed by atoms with van der Waals surface area (Å²) in [7, 11) is 0. The van der Waals surface area contributed by atoms with E-state index < -0.39 is 0 Å². The number of rotatable bonds is 12. The molecule has 0 unspecified atom stereocenters. The normalized spacial score (nSPS) is 13.9. The van der Waals surface area contributed by atoms with Crippen LogP contribution in [0.4, 0.5) is 0 Å². The molecule has 150 valence electrons. The van der Waals surface area contributed by atoms with Gasteiger partial charge in [-0.1, -0.05) is 83.6 Å². The molecule has 0 amide bonds. The minimum atomic E-state index is -0.106. The highest BCUT2D eigenvalue weighted by molar-refractivity contribution is 5.69. The largest absolute Gasteiger partial charge is 0.461 e. The van der Waals surface area contributed by atoms with Crippen molar-refractivity contribution >= 4 is 11.9 Å². The first kappa shape index (κ1) is 24.4. The van der Waals surface area contributed by atoms with Gasteiger partial charge in [-0.3, -0.25) is 9.59 Å². The summed E-state index contributed by atoms with van der Waals surface area (Å²) < 4.78 is 9.74. The summed E-state index contributed by atoms with van der Waals surface area (Å²) in [5, 5.41) is 0. The van der Waals surface area contributed by atoms with Crippen LogP contribution in [0, 0.1) is 5.92 Å². The number of hydrogen-bond acceptors (Lipinski definition) is 4. The summed E-state index contributed by atoms with van der Waals surface area (Å²) in [4.78, 5) is 22.1. The summed E-state index contributed by atoms with van der Waals surface area (Å²) in [6.45, 7) is 9.81. The lowest BCUT2D eigenvalue weighted by Gasteiger charge is -2.20. The maximum atomic E-state index is 11.2. The predicted molar refractivity (Wildman–Crippen MR) is 107 cm³/mol. The van der Waals surface area contributed by atoms with Gasteiger partial charge < -0.3 is 9.47 Å². The molecule has 1 rings (SSSR count). The Morgan fingerprint density at radius 1 is 0.885 bits per heavy atom. The Kier molecular flexibility index (Phi) is 17.1. The first-order chi connectivity index (χ1) is 12.6. The van der Waals surface area contributed by atoms with E-state index in [1.54, 1.807) is 12.2 Å². The zero-order valence-electron chi connectivity index (χ0n) is 16.7. The highest BCUT2D eigenvalue weighted by atomic mass is 16.5. The van der Waals surface area contributed by atoms with E-state index >= 15 is 0 Å². The highest BCUT2D eigenvalue weighted by Gasteiger charge is 2.14. The Bertz CT molecular complexity index is 384. The van der Waals surface area contributed by atoms with Crippen LogP contribution in [0.5, 0.6) is 0 Å². The fourth-order valence-electron chi connectivity index (χ4n) is 2.94. The molecule has 0 radical (unpaired) electrons. The number of carbonyl (C=O) groups is 2. The Balaban J connectivity index is 0.000000488. The summed E-state index contributed by atoms with van der Waals surface area (Å²) >= 11 is 0. The van der Waals surface area contributed by atoms with Gasteiger partial charge in [0.1, 0.15) is 13.2 Å². The molecule has 26 heavy (non-hydrogen) atoms. The minimum absolute atomic E-state index is 0.0736. The van der Waals surface area contributed by atoms with Crippen LogP contribution in [-0.2, 0) is 19.1 Å². The third-order valence-electron chi connectivity index (χ3n) is 4.44. The zero-order valence-corrected chi connectivity index (χ0v) is 16.7. The minimum Gasteiger partial charge on any atom is -0.461 e. The molecule has 0 atom stereocenters. The van der Waals surface area contributed by atoms with E-state index in [4.69, 9.17) is 9.47 Å². The molecular formula is C22H38O4. The van der Waals surface area contributed by atoms with Gasteiger partial charge in [-0.25, -0.2) is 0 Å². The van der Waals surface area contributed by atoms with Gasteiger partial charge in [0, 0.05) is 12.8 Å². The van der Waals surface area contributed by atoms with Crippen LogP contribution in [0.15, 0.2) is 25.3 Å². The van der Waals surface area contributed by atoms with Crippen molar-refractivity contribution in [1.82, 2.24) is 0 Å². The van der Waals surface area contributed by atoms with Crippen LogP contribution < -0.4 is 0 Å². The molecule has 0 saturated heterocycles. The Morgan fingerprint density at radius 2 is 1.46 bits per heavy atom. The van der Waals surface area contributed by atoms with Gasteiger partial charge in [0.2, 0.25) is 0 Å². The molecule has 1 fully saturated rings.